The van der Waals surface area contributed by atoms with Gasteiger partial charge in [-0.1, -0.05) is 18.9 Å². The summed E-state index contributed by atoms with van der Waals surface area (Å²) in [4.78, 5) is 21.7. The molecule has 2 aromatic heterocycles. The minimum absolute atomic E-state index is 0.0701. The van der Waals surface area contributed by atoms with Crippen molar-refractivity contribution in [3.63, 3.8) is 0 Å². The molecule has 2 amide bonds. The average molecular weight is 526 g/mol. The van der Waals surface area contributed by atoms with Crippen molar-refractivity contribution in [1.82, 2.24) is 30.8 Å². The molecule has 0 aliphatic heterocycles. The van der Waals surface area contributed by atoms with E-state index >= 15 is 0 Å². The van der Waals surface area contributed by atoms with Crippen LogP contribution in [0.3, 0.4) is 0 Å². The molecule has 6 rings (SSSR count). The van der Waals surface area contributed by atoms with Gasteiger partial charge in [0.05, 0.1) is 11.6 Å². The van der Waals surface area contributed by atoms with E-state index in [2.05, 4.69) is 53.6 Å². The number of hydrogen-bond acceptors (Lipinski definition) is 7. The molecule has 3 aliphatic rings. The number of fused-ring (bicyclic) bond motifs is 1. The van der Waals surface area contributed by atoms with Gasteiger partial charge in [-0.25, -0.2) is 9.78 Å². The van der Waals surface area contributed by atoms with Gasteiger partial charge < -0.3 is 21.3 Å². The number of nitrogens with zero attached hydrogens (tertiary/aromatic N) is 4. The Morgan fingerprint density at radius 1 is 0.897 bits per heavy atom. The topological polar surface area (TPSA) is 143 Å². The predicted molar refractivity (Wildman–Crippen MR) is 149 cm³/mol. The number of nitrogens with one attached hydrogen (secondary N) is 5. The highest BCUT2D eigenvalue weighted by molar-refractivity contribution is 5.75. The Balaban J connectivity index is 0.941. The van der Waals surface area contributed by atoms with Crippen LogP contribution >= 0.6 is 0 Å². The zero-order valence-electron chi connectivity index (χ0n) is 22.0. The van der Waals surface area contributed by atoms with E-state index in [1.165, 1.54) is 36.9 Å². The summed E-state index contributed by atoms with van der Waals surface area (Å²) in [5.74, 6) is 2.67. The van der Waals surface area contributed by atoms with Crippen molar-refractivity contribution in [1.29, 1.82) is 5.26 Å². The summed E-state index contributed by atoms with van der Waals surface area (Å²) in [6.07, 6.45) is 12.0. The lowest BCUT2D eigenvalue weighted by Crippen LogP contribution is -2.48. The van der Waals surface area contributed by atoms with E-state index in [1.54, 1.807) is 6.20 Å². The molecule has 3 aliphatic carbocycles. The molecule has 1 aromatic carbocycles. The van der Waals surface area contributed by atoms with Crippen LogP contribution in [0.15, 0.2) is 36.5 Å². The number of carbonyl (C=O) groups excluding carboxylic acids is 1. The summed E-state index contributed by atoms with van der Waals surface area (Å²) >= 11 is 0. The molecule has 39 heavy (non-hydrogen) atoms. The van der Waals surface area contributed by atoms with Crippen molar-refractivity contribution in [2.45, 2.75) is 88.3 Å². The van der Waals surface area contributed by atoms with E-state index in [4.69, 9.17) is 5.26 Å². The van der Waals surface area contributed by atoms with Crippen LogP contribution in [0.5, 0.6) is 0 Å². The Labute approximate surface area is 228 Å². The van der Waals surface area contributed by atoms with Gasteiger partial charge >= 0.3 is 6.03 Å². The van der Waals surface area contributed by atoms with Gasteiger partial charge in [0.1, 0.15) is 5.82 Å². The maximum Gasteiger partial charge on any atom is 0.315 e. The second-order valence-corrected chi connectivity index (χ2v) is 11.1. The molecular weight excluding hydrogens is 490 g/mol. The van der Waals surface area contributed by atoms with Crippen molar-refractivity contribution >= 4 is 23.6 Å². The lowest BCUT2D eigenvalue weighted by molar-refractivity contribution is 0.228. The van der Waals surface area contributed by atoms with Crippen LogP contribution in [0, 0.1) is 11.3 Å². The number of amides is 2. The van der Waals surface area contributed by atoms with E-state index in [0.29, 0.717) is 23.2 Å². The van der Waals surface area contributed by atoms with Gasteiger partial charge in [0, 0.05) is 42.0 Å². The summed E-state index contributed by atoms with van der Waals surface area (Å²) in [5, 5.41) is 29.7. The van der Waals surface area contributed by atoms with Gasteiger partial charge in [-0.2, -0.15) is 15.3 Å². The normalized spacial score (nSPS) is 22.6. The Kier molecular flexibility index (Phi) is 7.30. The highest BCUT2D eigenvalue weighted by Crippen LogP contribution is 2.34. The number of carbonyl (C=O) groups is 1. The number of aromatic nitrogens is 4. The SMILES string of the molecule is N#Cc1ccc2c(c1)CC(NC(=O)NC1CCC(Nc3nccc(Nc4cc(C5CCCC5)[nH]n4)n3)CC1)C2. The standard InChI is InChI=1S/C29H35N9O/c30-17-18-5-6-20-14-24(15-21(20)13-18)34-29(39)33-23-9-7-22(8-10-23)32-28-31-12-11-26(36-28)35-27-16-25(37-38-27)19-3-1-2-4-19/h5-6,11-13,16,19,22-24H,1-4,7-10,14-15H2,(H2,33,34,39)(H3,31,32,35,36,37,38). The van der Waals surface area contributed by atoms with Crippen molar-refractivity contribution in [2.75, 3.05) is 10.6 Å². The van der Waals surface area contributed by atoms with Crippen LogP contribution in [0.1, 0.15) is 79.7 Å². The first-order valence-corrected chi connectivity index (χ1v) is 14.1. The third kappa shape index (κ3) is 6.14. The van der Waals surface area contributed by atoms with Crippen LogP contribution in [0.25, 0.3) is 0 Å². The lowest BCUT2D eigenvalue weighted by Gasteiger charge is -2.30. The fourth-order valence-electron chi connectivity index (χ4n) is 6.24. The summed E-state index contributed by atoms with van der Waals surface area (Å²) < 4.78 is 0. The number of benzene rings is 1. The maximum atomic E-state index is 12.7. The Bertz CT molecular complexity index is 1350. The van der Waals surface area contributed by atoms with Crippen LogP contribution in [0.2, 0.25) is 0 Å². The Morgan fingerprint density at radius 2 is 1.67 bits per heavy atom. The highest BCUT2D eigenvalue weighted by atomic mass is 16.2. The number of anilines is 3. The molecule has 2 heterocycles. The molecule has 202 valence electrons. The molecule has 3 aromatic rings. The van der Waals surface area contributed by atoms with Crippen molar-refractivity contribution in [2.24, 2.45) is 0 Å². The second kappa shape index (κ2) is 11.3. The van der Waals surface area contributed by atoms with Crippen molar-refractivity contribution in [3.8, 4) is 6.07 Å². The minimum atomic E-state index is -0.110. The Morgan fingerprint density at radius 3 is 2.49 bits per heavy atom. The number of nitriles is 1. The zero-order chi connectivity index (χ0) is 26.6. The van der Waals surface area contributed by atoms with Gasteiger partial charge in [-0.3, -0.25) is 5.10 Å². The van der Waals surface area contributed by atoms with Gasteiger partial charge in [0.2, 0.25) is 5.95 Å². The van der Waals surface area contributed by atoms with Crippen molar-refractivity contribution in [3.05, 3.63) is 58.9 Å². The number of rotatable bonds is 7. The monoisotopic (exact) mass is 525 g/mol. The number of H-pyrrole nitrogens is 1. The molecule has 0 radical (unpaired) electrons. The van der Waals surface area contributed by atoms with E-state index in [9.17, 15) is 4.79 Å². The first-order chi connectivity index (χ1) is 19.1. The third-order valence-electron chi connectivity index (χ3n) is 8.30. The molecule has 10 nitrogen and oxygen atoms in total. The highest BCUT2D eigenvalue weighted by Gasteiger charge is 2.26. The van der Waals surface area contributed by atoms with Gasteiger partial charge in [-0.05, 0) is 80.7 Å². The molecule has 2 fully saturated rings. The summed E-state index contributed by atoms with van der Waals surface area (Å²) in [6, 6.07) is 12.3. The Hall–Kier alpha value is -4.13. The first-order valence-electron chi connectivity index (χ1n) is 14.1. The van der Waals surface area contributed by atoms with E-state index in [0.717, 1.165) is 49.9 Å². The average Bonchev–Trinajstić information content (AvgIpc) is 3.70. The van der Waals surface area contributed by atoms with Gasteiger partial charge in [0.15, 0.2) is 5.82 Å². The van der Waals surface area contributed by atoms with Crippen molar-refractivity contribution < 1.29 is 4.79 Å². The molecular formula is C29H35N9O. The molecule has 5 N–H and O–H groups in total. The quantitative estimate of drug-likeness (QED) is 0.302. The zero-order valence-corrected chi connectivity index (χ0v) is 22.0. The summed E-state index contributed by atoms with van der Waals surface area (Å²) in [6.45, 7) is 0. The number of hydrogen-bond donors (Lipinski definition) is 5. The summed E-state index contributed by atoms with van der Waals surface area (Å²) in [7, 11) is 0. The first kappa shape index (κ1) is 25.2. The summed E-state index contributed by atoms with van der Waals surface area (Å²) in [5.41, 5.74) is 4.24. The molecule has 0 saturated heterocycles. The predicted octanol–water partition coefficient (Wildman–Crippen LogP) is 4.66. The number of aromatic amines is 1. The molecule has 2 saturated carbocycles. The minimum Gasteiger partial charge on any atom is -0.351 e. The molecule has 1 atom stereocenters. The lowest BCUT2D eigenvalue weighted by atomic mass is 9.91. The van der Waals surface area contributed by atoms with E-state index < -0.39 is 0 Å². The second-order valence-electron chi connectivity index (χ2n) is 11.1. The smallest absolute Gasteiger partial charge is 0.315 e. The van der Waals surface area contributed by atoms with Gasteiger partial charge in [-0.15, -0.1) is 0 Å². The van der Waals surface area contributed by atoms with Gasteiger partial charge in [0.25, 0.3) is 0 Å². The van der Waals surface area contributed by atoms with Crippen LogP contribution in [-0.2, 0) is 12.8 Å². The molecule has 10 heteroatoms. The molecule has 0 spiro atoms. The fourth-order valence-corrected chi connectivity index (χ4v) is 6.24. The molecule has 1 unspecified atom stereocenters. The molecule has 0 bridgehead atoms. The largest absolute Gasteiger partial charge is 0.351 e. The third-order valence-corrected chi connectivity index (χ3v) is 8.30. The van der Waals surface area contributed by atoms with Crippen LogP contribution in [0.4, 0.5) is 22.4 Å². The van der Waals surface area contributed by atoms with E-state index in [1.807, 2.05) is 24.3 Å². The maximum absolute atomic E-state index is 12.7. The van der Waals surface area contributed by atoms with Crippen LogP contribution < -0.4 is 21.3 Å². The number of urea groups is 1. The van der Waals surface area contributed by atoms with E-state index in [-0.39, 0.29) is 24.2 Å². The fraction of sp³-hybridized carbons (Fsp3) is 0.483. The van der Waals surface area contributed by atoms with Crippen LogP contribution in [-0.4, -0.2) is 44.3 Å².